The Hall–Kier alpha value is -2.82. The zero-order valence-corrected chi connectivity index (χ0v) is 11.0. The van der Waals surface area contributed by atoms with Gasteiger partial charge in [0.1, 0.15) is 5.75 Å². The van der Waals surface area contributed by atoms with Crippen molar-refractivity contribution in [2.24, 2.45) is 5.10 Å². The molecule has 0 fully saturated rings. The van der Waals surface area contributed by atoms with Crippen LogP contribution < -0.4 is 10.2 Å². The van der Waals surface area contributed by atoms with Crippen molar-refractivity contribution in [3.8, 4) is 5.75 Å². The third kappa shape index (κ3) is 2.61. The Morgan fingerprint density at radius 2 is 2.10 bits per heavy atom. The zero-order chi connectivity index (χ0) is 13.8. The van der Waals surface area contributed by atoms with Gasteiger partial charge < -0.3 is 9.72 Å². The highest BCUT2D eigenvalue weighted by molar-refractivity contribution is 5.81. The Bertz CT molecular complexity index is 715. The summed E-state index contributed by atoms with van der Waals surface area (Å²) < 4.78 is 5.16. The first-order valence-electron chi connectivity index (χ1n) is 6.23. The molecular weight excluding hydrogens is 252 g/mol. The van der Waals surface area contributed by atoms with Gasteiger partial charge in [-0.1, -0.05) is 24.3 Å². The molecule has 1 aromatic heterocycles. The van der Waals surface area contributed by atoms with Crippen LogP contribution in [-0.2, 0) is 0 Å². The van der Waals surface area contributed by atoms with Gasteiger partial charge in [0, 0.05) is 0 Å². The monoisotopic (exact) mass is 266 g/mol. The molecule has 0 bridgehead atoms. The number of rotatable bonds is 4. The fourth-order valence-corrected chi connectivity index (χ4v) is 1.90. The molecule has 1 heterocycles. The quantitative estimate of drug-likeness (QED) is 0.563. The Kier molecular flexibility index (Phi) is 3.33. The number of aromatic amines is 1. The number of hydrogen-bond donors (Lipinski definition) is 2. The number of fused-ring (bicyclic) bond motifs is 1. The van der Waals surface area contributed by atoms with Crippen LogP contribution in [0.1, 0.15) is 5.56 Å². The molecule has 0 radical (unpaired) electrons. The van der Waals surface area contributed by atoms with Crippen LogP contribution in [0.15, 0.2) is 53.6 Å². The lowest BCUT2D eigenvalue weighted by atomic mass is 10.2. The number of aromatic nitrogens is 2. The molecule has 0 amide bonds. The minimum absolute atomic E-state index is 0.616. The minimum atomic E-state index is 0.616. The first kappa shape index (κ1) is 12.2. The third-order valence-corrected chi connectivity index (χ3v) is 2.87. The zero-order valence-electron chi connectivity index (χ0n) is 11.0. The predicted molar refractivity (Wildman–Crippen MR) is 80.3 cm³/mol. The van der Waals surface area contributed by atoms with E-state index < -0.39 is 0 Å². The van der Waals surface area contributed by atoms with Crippen LogP contribution >= 0.6 is 0 Å². The second-order valence-corrected chi connectivity index (χ2v) is 4.25. The summed E-state index contributed by atoms with van der Waals surface area (Å²) in [6, 6.07) is 15.5. The molecular formula is C15H14N4O. The topological polar surface area (TPSA) is 62.3 Å². The summed E-state index contributed by atoms with van der Waals surface area (Å²) in [7, 11) is 1.64. The summed E-state index contributed by atoms with van der Waals surface area (Å²) in [5, 5.41) is 4.16. The largest absolute Gasteiger partial charge is 0.497 e. The van der Waals surface area contributed by atoms with Crippen molar-refractivity contribution < 1.29 is 4.74 Å². The van der Waals surface area contributed by atoms with E-state index in [2.05, 4.69) is 20.5 Å². The molecule has 0 aliphatic carbocycles. The third-order valence-electron chi connectivity index (χ3n) is 2.87. The number of hydrazone groups is 1. The molecule has 5 nitrogen and oxygen atoms in total. The highest BCUT2D eigenvalue weighted by Gasteiger charge is 1.99. The molecule has 0 atom stereocenters. The van der Waals surface area contributed by atoms with Gasteiger partial charge in [-0.25, -0.2) is 10.4 Å². The molecule has 0 aliphatic rings. The van der Waals surface area contributed by atoms with Gasteiger partial charge in [0.15, 0.2) is 0 Å². The van der Waals surface area contributed by atoms with E-state index in [9.17, 15) is 0 Å². The van der Waals surface area contributed by atoms with Gasteiger partial charge in [0.25, 0.3) is 0 Å². The van der Waals surface area contributed by atoms with E-state index in [1.165, 1.54) is 0 Å². The van der Waals surface area contributed by atoms with Gasteiger partial charge in [-0.05, 0) is 29.8 Å². The minimum Gasteiger partial charge on any atom is -0.497 e. The molecule has 0 spiro atoms. The summed E-state index contributed by atoms with van der Waals surface area (Å²) in [6.07, 6.45) is 1.72. The summed E-state index contributed by atoms with van der Waals surface area (Å²) in [4.78, 5) is 7.52. The summed E-state index contributed by atoms with van der Waals surface area (Å²) >= 11 is 0. The van der Waals surface area contributed by atoms with E-state index in [1.807, 2.05) is 48.5 Å². The second-order valence-electron chi connectivity index (χ2n) is 4.25. The van der Waals surface area contributed by atoms with Crippen LogP contribution in [0.3, 0.4) is 0 Å². The van der Waals surface area contributed by atoms with Gasteiger partial charge in [0.2, 0.25) is 5.95 Å². The highest BCUT2D eigenvalue weighted by atomic mass is 16.5. The molecule has 3 rings (SSSR count). The molecule has 2 aromatic carbocycles. The van der Waals surface area contributed by atoms with E-state index >= 15 is 0 Å². The predicted octanol–water partition coefficient (Wildman–Crippen LogP) is 3.02. The number of ether oxygens (including phenoxy) is 1. The molecule has 100 valence electrons. The normalized spacial score (nSPS) is 11.1. The SMILES string of the molecule is COc1cccc(/C=N\Nc2nc3ccccc3[nH]2)c1. The lowest BCUT2D eigenvalue weighted by Gasteiger charge is -1.99. The van der Waals surface area contributed by atoms with Crippen molar-refractivity contribution in [3.63, 3.8) is 0 Å². The lowest BCUT2D eigenvalue weighted by Crippen LogP contribution is -1.92. The van der Waals surface area contributed by atoms with Gasteiger partial charge in [-0.2, -0.15) is 5.10 Å². The van der Waals surface area contributed by atoms with Crippen molar-refractivity contribution >= 4 is 23.2 Å². The average Bonchev–Trinajstić information content (AvgIpc) is 2.90. The number of benzene rings is 2. The smallest absolute Gasteiger partial charge is 0.222 e. The maximum atomic E-state index is 5.16. The number of methoxy groups -OCH3 is 1. The molecule has 2 N–H and O–H groups in total. The van der Waals surface area contributed by atoms with Crippen molar-refractivity contribution in [1.29, 1.82) is 0 Å². The molecule has 0 aliphatic heterocycles. The number of hydrogen-bond acceptors (Lipinski definition) is 4. The van der Waals surface area contributed by atoms with Crippen molar-refractivity contribution in [2.75, 3.05) is 12.5 Å². The van der Waals surface area contributed by atoms with Crippen LogP contribution in [0.4, 0.5) is 5.95 Å². The molecule has 20 heavy (non-hydrogen) atoms. The van der Waals surface area contributed by atoms with Crippen molar-refractivity contribution in [1.82, 2.24) is 9.97 Å². The van der Waals surface area contributed by atoms with E-state index in [0.29, 0.717) is 5.95 Å². The van der Waals surface area contributed by atoms with Gasteiger partial charge >= 0.3 is 0 Å². The number of imidazole rings is 1. The molecule has 3 aromatic rings. The van der Waals surface area contributed by atoms with Crippen LogP contribution in [0.2, 0.25) is 0 Å². The fraction of sp³-hybridized carbons (Fsp3) is 0.0667. The second kappa shape index (κ2) is 5.44. The summed E-state index contributed by atoms with van der Waals surface area (Å²) in [5.41, 5.74) is 5.72. The van der Waals surface area contributed by atoms with Gasteiger partial charge in [0.05, 0.1) is 24.4 Å². The van der Waals surface area contributed by atoms with E-state index in [-0.39, 0.29) is 0 Å². The van der Waals surface area contributed by atoms with Crippen LogP contribution in [0, 0.1) is 0 Å². The maximum absolute atomic E-state index is 5.16. The fourth-order valence-electron chi connectivity index (χ4n) is 1.90. The van der Waals surface area contributed by atoms with E-state index in [4.69, 9.17) is 4.74 Å². The number of nitrogens with zero attached hydrogens (tertiary/aromatic N) is 2. The Balaban J connectivity index is 1.73. The van der Waals surface area contributed by atoms with E-state index in [1.54, 1.807) is 13.3 Å². The van der Waals surface area contributed by atoms with Crippen molar-refractivity contribution in [2.45, 2.75) is 0 Å². The Morgan fingerprint density at radius 1 is 1.20 bits per heavy atom. The Labute approximate surface area is 116 Å². The number of para-hydroxylation sites is 2. The van der Waals surface area contributed by atoms with Crippen LogP contribution in [0.5, 0.6) is 5.75 Å². The first-order chi connectivity index (χ1) is 9.85. The summed E-state index contributed by atoms with van der Waals surface area (Å²) in [6.45, 7) is 0. The number of nitrogens with one attached hydrogen (secondary N) is 2. The van der Waals surface area contributed by atoms with Crippen molar-refractivity contribution in [3.05, 3.63) is 54.1 Å². The maximum Gasteiger partial charge on any atom is 0.222 e. The Morgan fingerprint density at radius 3 is 2.95 bits per heavy atom. The van der Waals surface area contributed by atoms with Crippen LogP contribution in [0.25, 0.3) is 11.0 Å². The molecule has 0 saturated heterocycles. The first-order valence-corrected chi connectivity index (χ1v) is 6.23. The lowest BCUT2D eigenvalue weighted by molar-refractivity contribution is 0.415. The average molecular weight is 266 g/mol. The van der Waals surface area contributed by atoms with E-state index in [0.717, 1.165) is 22.3 Å². The van der Waals surface area contributed by atoms with Crippen LogP contribution in [-0.4, -0.2) is 23.3 Å². The molecule has 0 saturated carbocycles. The molecule has 0 unspecified atom stereocenters. The molecule has 5 heteroatoms. The van der Waals surface area contributed by atoms with Gasteiger partial charge in [-0.3, -0.25) is 0 Å². The number of anilines is 1. The highest BCUT2D eigenvalue weighted by Crippen LogP contribution is 2.13. The summed E-state index contributed by atoms with van der Waals surface area (Å²) in [5.74, 6) is 1.42. The standard InChI is InChI=1S/C15H14N4O/c1-20-12-6-4-5-11(9-12)10-16-19-15-17-13-7-2-3-8-14(13)18-15/h2-10H,1H3,(H2,17,18,19)/b16-10-. The van der Waals surface area contributed by atoms with Gasteiger partial charge in [-0.15, -0.1) is 0 Å². The number of H-pyrrole nitrogens is 1.